The fourth-order valence-electron chi connectivity index (χ4n) is 3.23. The van der Waals surface area contributed by atoms with Crippen molar-refractivity contribution in [3.8, 4) is 5.75 Å². The first-order chi connectivity index (χ1) is 15.9. The molecule has 0 aliphatic rings. The van der Waals surface area contributed by atoms with Crippen molar-refractivity contribution in [3.05, 3.63) is 95.0 Å². The van der Waals surface area contributed by atoms with Crippen LogP contribution in [0.4, 0.5) is 10.8 Å². The number of aryl methyl sites for hydroxylation is 1. The third-order valence-corrected chi connectivity index (χ3v) is 7.43. The number of aromatic nitrogens is 2. The average molecular weight is 481 g/mol. The van der Waals surface area contributed by atoms with Crippen molar-refractivity contribution in [3.63, 3.8) is 0 Å². The molecule has 1 aromatic heterocycles. The molecule has 1 unspecified atom stereocenters. The lowest BCUT2D eigenvalue weighted by Crippen LogP contribution is -2.30. The number of rotatable bonds is 9. The van der Waals surface area contributed by atoms with Gasteiger partial charge in [-0.3, -0.25) is 0 Å². The number of nitrogens with zero attached hydrogens (tertiary/aromatic N) is 2. The monoisotopic (exact) mass is 480 g/mol. The van der Waals surface area contributed by atoms with Gasteiger partial charge in [-0.05, 0) is 55.3 Å². The Labute approximate surface area is 197 Å². The van der Waals surface area contributed by atoms with Crippen LogP contribution in [0.1, 0.15) is 22.2 Å². The third-order valence-electron chi connectivity index (χ3n) is 4.99. The second kappa shape index (κ2) is 10.1. The lowest BCUT2D eigenvalue weighted by atomic mass is 10.1. The number of methoxy groups -OCH3 is 1. The highest BCUT2D eigenvalue weighted by atomic mass is 32.2. The van der Waals surface area contributed by atoms with E-state index in [4.69, 9.17) is 4.74 Å². The maximum Gasteiger partial charge on any atom is 0.241 e. The normalized spacial score (nSPS) is 12.3. The molecule has 0 fully saturated rings. The van der Waals surface area contributed by atoms with E-state index in [0.29, 0.717) is 16.6 Å². The average Bonchev–Trinajstić information content (AvgIpc) is 3.28. The Morgan fingerprint density at radius 1 is 0.939 bits per heavy atom. The molecule has 9 heteroatoms. The van der Waals surface area contributed by atoms with Gasteiger partial charge in [0.2, 0.25) is 15.2 Å². The Kier molecular flexibility index (Phi) is 7.02. The second-order valence-corrected chi connectivity index (χ2v) is 10.2. The highest BCUT2D eigenvalue weighted by Gasteiger charge is 2.25. The summed E-state index contributed by atoms with van der Waals surface area (Å²) in [5, 5.41) is 12.9. The van der Waals surface area contributed by atoms with E-state index >= 15 is 0 Å². The lowest BCUT2D eigenvalue weighted by molar-refractivity contribution is 0.415. The van der Waals surface area contributed by atoms with Crippen LogP contribution in [0.2, 0.25) is 0 Å². The maximum absolute atomic E-state index is 13.1. The predicted octanol–water partition coefficient (Wildman–Crippen LogP) is 4.86. The Morgan fingerprint density at radius 2 is 1.64 bits per heavy atom. The van der Waals surface area contributed by atoms with E-state index in [9.17, 15) is 8.42 Å². The largest absolute Gasteiger partial charge is 0.497 e. The topological polar surface area (TPSA) is 93.2 Å². The molecule has 0 aliphatic heterocycles. The Morgan fingerprint density at radius 3 is 2.30 bits per heavy atom. The van der Waals surface area contributed by atoms with Gasteiger partial charge in [0.25, 0.3) is 0 Å². The van der Waals surface area contributed by atoms with Crippen LogP contribution in [0.5, 0.6) is 5.75 Å². The Balaban J connectivity index is 1.58. The van der Waals surface area contributed by atoms with Crippen LogP contribution < -0.4 is 14.8 Å². The molecular formula is C24H24N4O3S2. The fourth-order valence-corrected chi connectivity index (χ4v) is 5.32. The van der Waals surface area contributed by atoms with E-state index < -0.39 is 16.1 Å². The molecule has 0 aliphatic carbocycles. The fraction of sp³-hybridized carbons (Fsp3) is 0.167. The SMILES string of the molecule is COc1ccc(Nc2nnc(C(Cc3ccccc3)NS(=O)(=O)c3ccc(C)cc3)s2)cc1. The van der Waals surface area contributed by atoms with Gasteiger partial charge in [0.1, 0.15) is 10.8 Å². The van der Waals surface area contributed by atoms with E-state index in [-0.39, 0.29) is 4.90 Å². The highest BCUT2D eigenvalue weighted by Crippen LogP contribution is 2.29. The van der Waals surface area contributed by atoms with Crippen molar-refractivity contribution in [2.45, 2.75) is 24.3 Å². The summed E-state index contributed by atoms with van der Waals surface area (Å²) in [7, 11) is -2.13. The van der Waals surface area contributed by atoms with Crippen LogP contribution in [0.25, 0.3) is 0 Å². The molecule has 0 saturated heterocycles. The van der Waals surface area contributed by atoms with Gasteiger partial charge in [0, 0.05) is 5.69 Å². The molecule has 33 heavy (non-hydrogen) atoms. The number of anilines is 2. The number of sulfonamides is 1. The van der Waals surface area contributed by atoms with Gasteiger partial charge in [-0.25, -0.2) is 13.1 Å². The van der Waals surface area contributed by atoms with Gasteiger partial charge < -0.3 is 10.1 Å². The number of hydrogen-bond donors (Lipinski definition) is 2. The minimum absolute atomic E-state index is 0.215. The number of nitrogens with one attached hydrogen (secondary N) is 2. The van der Waals surface area contributed by atoms with Crippen LogP contribution in [-0.4, -0.2) is 25.7 Å². The van der Waals surface area contributed by atoms with Gasteiger partial charge in [-0.2, -0.15) is 0 Å². The molecule has 7 nitrogen and oxygen atoms in total. The minimum Gasteiger partial charge on any atom is -0.497 e. The second-order valence-electron chi connectivity index (χ2n) is 7.48. The van der Waals surface area contributed by atoms with Gasteiger partial charge in [-0.1, -0.05) is 59.4 Å². The van der Waals surface area contributed by atoms with Gasteiger partial charge >= 0.3 is 0 Å². The molecule has 1 atom stereocenters. The minimum atomic E-state index is -3.75. The van der Waals surface area contributed by atoms with Crippen molar-refractivity contribution >= 4 is 32.2 Å². The summed E-state index contributed by atoms with van der Waals surface area (Å²) in [5.74, 6) is 0.756. The molecule has 170 valence electrons. The van der Waals surface area contributed by atoms with Crippen molar-refractivity contribution < 1.29 is 13.2 Å². The Hall–Kier alpha value is -3.27. The predicted molar refractivity (Wildman–Crippen MR) is 131 cm³/mol. The molecule has 0 radical (unpaired) electrons. The zero-order chi connectivity index (χ0) is 23.3. The summed E-state index contributed by atoms with van der Waals surface area (Å²) in [6.45, 7) is 1.92. The molecule has 2 N–H and O–H groups in total. The lowest BCUT2D eigenvalue weighted by Gasteiger charge is -2.16. The van der Waals surface area contributed by atoms with Crippen molar-refractivity contribution in [1.82, 2.24) is 14.9 Å². The molecule has 3 aromatic carbocycles. The van der Waals surface area contributed by atoms with E-state index in [1.54, 1.807) is 31.4 Å². The number of ether oxygens (including phenoxy) is 1. The summed E-state index contributed by atoms with van der Waals surface area (Å²) in [4.78, 5) is 0.215. The molecular weight excluding hydrogens is 456 g/mol. The quantitative estimate of drug-likeness (QED) is 0.355. The van der Waals surface area contributed by atoms with Crippen molar-refractivity contribution in [1.29, 1.82) is 0 Å². The van der Waals surface area contributed by atoms with Crippen LogP contribution in [0.3, 0.4) is 0 Å². The summed E-state index contributed by atoms with van der Waals surface area (Å²) in [6.07, 6.45) is 0.448. The zero-order valence-electron chi connectivity index (χ0n) is 18.2. The van der Waals surface area contributed by atoms with E-state index in [1.807, 2.05) is 61.5 Å². The van der Waals surface area contributed by atoms with E-state index in [1.165, 1.54) is 11.3 Å². The summed E-state index contributed by atoms with van der Waals surface area (Å²) in [5.41, 5.74) is 2.82. The molecule has 0 saturated carbocycles. The standard InChI is InChI=1S/C24H24N4O3S2/c1-17-8-14-21(15-9-17)33(29,30)28-22(16-18-6-4-3-5-7-18)23-26-27-24(32-23)25-19-10-12-20(31-2)13-11-19/h3-15,22,28H,16H2,1-2H3,(H,25,27). The number of hydrogen-bond acceptors (Lipinski definition) is 7. The first-order valence-corrected chi connectivity index (χ1v) is 12.6. The van der Waals surface area contributed by atoms with Crippen LogP contribution in [0.15, 0.2) is 83.8 Å². The Bertz CT molecular complexity index is 1290. The molecule has 0 bridgehead atoms. The third kappa shape index (κ3) is 5.95. The van der Waals surface area contributed by atoms with Gasteiger partial charge in [0.15, 0.2) is 0 Å². The first-order valence-electron chi connectivity index (χ1n) is 10.3. The molecule has 4 aromatic rings. The molecule has 0 spiro atoms. The van der Waals surface area contributed by atoms with Crippen LogP contribution in [0, 0.1) is 6.92 Å². The first kappa shape index (κ1) is 22.9. The molecule has 0 amide bonds. The van der Waals surface area contributed by atoms with E-state index in [2.05, 4.69) is 20.2 Å². The summed E-state index contributed by atoms with van der Waals surface area (Å²) >= 11 is 1.31. The van der Waals surface area contributed by atoms with Crippen molar-refractivity contribution in [2.24, 2.45) is 0 Å². The van der Waals surface area contributed by atoms with Crippen LogP contribution in [-0.2, 0) is 16.4 Å². The van der Waals surface area contributed by atoms with Crippen molar-refractivity contribution in [2.75, 3.05) is 12.4 Å². The summed E-state index contributed by atoms with van der Waals surface area (Å²) in [6, 6.07) is 23.4. The van der Waals surface area contributed by atoms with Crippen LogP contribution >= 0.6 is 11.3 Å². The molecule has 4 rings (SSSR count). The zero-order valence-corrected chi connectivity index (χ0v) is 19.9. The van der Waals surface area contributed by atoms with E-state index in [0.717, 1.165) is 22.6 Å². The smallest absolute Gasteiger partial charge is 0.241 e. The highest BCUT2D eigenvalue weighted by molar-refractivity contribution is 7.89. The molecule has 1 heterocycles. The number of benzene rings is 3. The maximum atomic E-state index is 13.1. The summed E-state index contributed by atoms with van der Waals surface area (Å²) < 4.78 is 34.2. The van der Waals surface area contributed by atoms with Gasteiger partial charge in [0.05, 0.1) is 18.0 Å². The van der Waals surface area contributed by atoms with Gasteiger partial charge in [-0.15, -0.1) is 10.2 Å².